The third-order valence-electron chi connectivity index (χ3n) is 8.36. The van der Waals surface area contributed by atoms with Crippen molar-refractivity contribution < 1.29 is 46.1 Å². The van der Waals surface area contributed by atoms with Crippen LogP contribution in [0.1, 0.15) is 81.2 Å². The topological polar surface area (TPSA) is 0 Å². The van der Waals surface area contributed by atoms with Gasteiger partial charge < -0.3 is 24.8 Å². The molecule has 42 heavy (non-hydrogen) atoms. The van der Waals surface area contributed by atoms with E-state index in [-0.39, 0.29) is 24.8 Å². The van der Waals surface area contributed by atoms with Crippen LogP contribution in [-0.2, 0) is 21.3 Å². The zero-order valence-electron chi connectivity index (χ0n) is 25.0. The van der Waals surface area contributed by atoms with Gasteiger partial charge in [-0.25, -0.2) is 0 Å². The summed E-state index contributed by atoms with van der Waals surface area (Å²) in [4.78, 5) is 0. The Hall–Kier alpha value is -2.31. The fraction of sp³-hybridized carbons (Fsp3) is 0.256. The van der Waals surface area contributed by atoms with E-state index in [4.69, 9.17) is 0 Å². The molecule has 2 atom stereocenters. The Labute approximate surface area is 273 Å². The molecule has 4 aromatic carbocycles. The molecule has 214 valence electrons. The van der Waals surface area contributed by atoms with Gasteiger partial charge in [-0.2, -0.15) is 0 Å². The molecule has 0 aromatic heterocycles. The molecular formula is C39H40Cl2Zr. The first-order valence-corrected chi connectivity index (χ1v) is 19.0. The van der Waals surface area contributed by atoms with Gasteiger partial charge in [-0.05, 0) is 0 Å². The second kappa shape index (κ2) is 14.4. The summed E-state index contributed by atoms with van der Waals surface area (Å²) < 4.78 is 2.70. The van der Waals surface area contributed by atoms with E-state index in [1.165, 1.54) is 22.3 Å². The first kappa shape index (κ1) is 32.6. The maximum atomic E-state index is 2.57. The quantitative estimate of drug-likeness (QED) is 0.263. The van der Waals surface area contributed by atoms with Gasteiger partial charge in [-0.3, -0.25) is 0 Å². The van der Waals surface area contributed by atoms with Gasteiger partial charge in [0.2, 0.25) is 0 Å². The fourth-order valence-electron chi connectivity index (χ4n) is 6.97. The number of allylic oxidation sites excluding steroid dienone is 2. The van der Waals surface area contributed by atoms with Gasteiger partial charge >= 0.3 is 250 Å². The van der Waals surface area contributed by atoms with Crippen LogP contribution >= 0.6 is 0 Å². The second-order valence-electron chi connectivity index (χ2n) is 12.3. The van der Waals surface area contributed by atoms with E-state index in [9.17, 15) is 0 Å². The largest absolute Gasteiger partial charge is 1.00 e. The van der Waals surface area contributed by atoms with Gasteiger partial charge in [0, 0.05) is 0 Å². The molecule has 0 spiro atoms. The van der Waals surface area contributed by atoms with Crippen molar-refractivity contribution in [2.24, 2.45) is 11.8 Å². The minimum atomic E-state index is -2.71. The monoisotopic (exact) mass is 668 g/mol. The van der Waals surface area contributed by atoms with Crippen LogP contribution in [0.15, 0.2) is 120 Å². The molecule has 0 N–H and O–H groups in total. The van der Waals surface area contributed by atoms with E-state index in [0.717, 1.165) is 12.8 Å². The molecule has 0 aliphatic heterocycles. The zero-order valence-corrected chi connectivity index (χ0v) is 29.0. The molecule has 0 nitrogen and oxygen atoms in total. The Balaban J connectivity index is 0.00000202. The maximum Gasteiger partial charge on any atom is -1.00 e. The van der Waals surface area contributed by atoms with Crippen molar-refractivity contribution >= 4 is 15.4 Å². The third kappa shape index (κ3) is 6.60. The van der Waals surface area contributed by atoms with E-state index in [0.29, 0.717) is 19.1 Å². The molecule has 4 aromatic rings. The number of halogens is 2. The minimum Gasteiger partial charge on any atom is -1.00 e. The Morgan fingerprint density at radius 2 is 0.881 bits per heavy atom. The van der Waals surface area contributed by atoms with Gasteiger partial charge in [-0.1, -0.05) is 0 Å². The molecule has 2 aliphatic carbocycles. The zero-order chi connectivity index (χ0) is 27.6. The predicted molar refractivity (Wildman–Crippen MR) is 169 cm³/mol. The average molecular weight is 671 g/mol. The summed E-state index contributed by atoms with van der Waals surface area (Å²) in [7, 11) is 0. The number of fused-ring (bicyclic) bond motifs is 2. The van der Waals surface area contributed by atoms with E-state index in [1.807, 2.05) is 0 Å². The van der Waals surface area contributed by atoms with Crippen LogP contribution < -0.4 is 24.8 Å². The third-order valence-corrected chi connectivity index (χ3v) is 17.6. The van der Waals surface area contributed by atoms with Gasteiger partial charge in [0.1, 0.15) is 0 Å². The standard InChI is InChI=1S/2C13H15.C13H10.2ClH.Zr/c2*1-10(2)7-11-8-12-5-3-4-6-13(12)9-11;1-3-7-12(8-4-1)11-13-9-5-2-6-10-13;;;/h2*3-6,8-10H,7H2,1-2H3;1-10H;2*1H;/q;;;;;+2/p-2. The van der Waals surface area contributed by atoms with Crippen LogP contribution in [0.5, 0.6) is 0 Å². The predicted octanol–water partition coefficient (Wildman–Crippen LogP) is 4.25. The van der Waals surface area contributed by atoms with Crippen LogP contribution in [0.4, 0.5) is 0 Å². The first-order chi connectivity index (χ1) is 19.5. The number of hydrogen-bond donors (Lipinski definition) is 0. The molecule has 0 saturated heterocycles. The van der Waals surface area contributed by atoms with Crippen LogP contribution in [-0.4, -0.2) is 3.21 Å². The Bertz CT molecular complexity index is 1480. The number of rotatable bonds is 8. The van der Waals surface area contributed by atoms with Crippen molar-refractivity contribution in [2.75, 3.05) is 0 Å². The van der Waals surface area contributed by atoms with Gasteiger partial charge in [-0.15, -0.1) is 0 Å². The molecular weight excluding hydrogens is 631 g/mol. The summed E-state index contributed by atoms with van der Waals surface area (Å²) in [5.74, 6) is 1.26. The SMILES string of the molecule is CC(C)CC1=Cc2ccccc2[CH]1[Zr+2](=[C](c1ccccc1)c1ccccc1)[CH]1C(CC(C)C)=Cc2ccccc21.[Cl-].[Cl-]. The number of benzene rings is 4. The summed E-state index contributed by atoms with van der Waals surface area (Å²) in [6.07, 6.45) is 7.47. The van der Waals surface area contributed by atoms with Crippen molar-refractivity contribution in [3.63, 3.8) is 0 Å². The molecule has 0 saturated carbocycles. The normalized spacial score (nSPS) is 16.4. The van der Waals surface area contributed by atoms with Crippen LogP contribution in [0.25, 0.3) is 12.2 Å². The molecule has 0 amide bonds. The maximum absolute atomic E-state index is 2.71. The minimum absolute atomic E-state index is 0. The van der Waals surface area contributed by atoms with Crippen LogP contribution in [0, 0.1) is 11.8 Å². The number of hydrogen-bond acceptors (Lipinski definition) is 0. The molecule has 0 bridgehead atoms. The molecule has 3 heteroatoms. The summed E-state index contributed by atoms with van der Waals surface area (Å²) >= 11 is -2.71. The Morgan fingerprint density at radius 1 is 0.524 bits per heavy atom. The molecule has 6 rings (SSSR count). The van der Waals surface area contributed by atoms with Crippen molar-refractivity contribution in [2.45, 2.75) is 47.8 Å². The van der Waals surface area contributed by atoms with Crippen molar-refractivity contribution in [3.8, 4) is 0 Å². The summed E-state index contributed by atoms with van der Waals surface area (Å²) in [5, 5.41) is 0. The first-order valence-electron chi connectivity index (χ1n) is 14.9. The second-order valence-corrected chi connectivity index (χ2v) is 18.6. The van der Waals surface area contributed by atoms with Crippen LogP contribution in [0.3, 0.4) is 0 Å². The van der Waals surface area contributed by atoms with Gasteiger partial charge in [0.25, 0.3) is 0 Å². The van der Waals surface area contributed by atoms with E-state index < -0.39 is 21.3 Å². The van der Waals surface area contributed by atoms with Crippen molar-refractivity contribution in [1.82, 2.24) is 0 Å². The van der Waals surface area contributed by atoms with E-state index in [2.05, 4.69) is 149 Å². The van der Waals surface area contributed by atoms with Gasteiger partial charge in [0.05, 0.1) is 0 Å². The molecule has 0 radical (unpaired) electrons. The Kier molecular flexibility index (Phi) is 11.2. The van der Waals surface area contributed by atoms with Crippen molar-refractivity contribution in [3.05, 3.63) is 154 Å². The van der Waals surface area contributed by atoms with E-state index >= 15 is 0 Å². The average Bonchev–Trinajstić information content (AvgIpc) is 3.49. The summed E-state index contributed by atoms with van der Waals surface area (Å²) in [6.45, 7) is 9.55. The van der Waals surface area contributed by atoms with Crippen molar-refractivity contribution in [1.29, 1.82) is 0 Å². The summed E-state index contributed by atoms with van der Waals surface area (Å²) in [5.41, 5.74) is 12.2. The summed E-state index contributed by atoms with van der Waals surface area (Å²) in [6, 6.07) is 41.4. The van der Waals surface area contributed by atoms with Gasteiger partial charge in [0.15, 0.2) is 0 Å². The van der Waals surface area contributed by atoms with Crippen LogP contribution in [0.2, 0.25) is 0 Å². The Morgan fingerprint density at radius 3 is 1.26 bits per heavy atom. The smallest absolute Gasteiger partial charge is 1.00 e. The van der Waals surface area contributed by atoms with E-state index in [1.54, 1.807) is 25.5 Å². The molecule has 0 fully saturated rings. The molecule has 0 heterocycles. The molecule has 2 aliphatic rings. The molecule has 2 unspecified atom stereocenters. The fourth-order valence-corrected chi connectivity index (χ4v) is 17.6.